The van der Waals surface area contributed by atoms with Crippen LogP contribution in [0.2, 0.25) is 0 Å². The molecule has 3 atom stereocenters. The Hall–Kier alpha value is -2.53. The molecule has 5 N–H and O–H groups in total. The highest BCUT2D eigenvalue weighted by Gasteiger charge is 2.34. The third-order valence-corrected chi connectivity index (χ3v) is 4.81. The fourth-order valence-corrected chi connectivity index (χ4v) is 2.77. The van der Waals surface area contributed by atoms with Crippen molar-refractivity contribution in [3.8, 4) is 0 Å². The average molecular weight is 421 g/mol. The lowest BCUT2D eigenvalue weighted by Crippen LogP contribution is -2.57. The number of nitrogens with zero attached hydrogens (tertiary/aromatic N) is 2. The molecule has 1 heterocycles. The summed E-state index contributed by atoms with van der Waals surface area (Å²) in [4.78, 5) is 44.7. The molecule has 0 aliphatic heterocycles. The minimum atomic E-state index is -1.73. The van der Waals surface area contributed by atoms with E-state index in [2.05, 4.69) is 25.9 Å². The first kappa shape index (κ1) is 25.5. The molecular formula is C19H32BN5O5. The first-order valence-corrected chi connectivity index (χ1v) is 10.0. The summed E-state index contributed by atoms with van der Waals surface area (Å²) in [7, 11) is -1.73. The van der Waals surface area contributed by atoms with Crippen LogP contribution < -0.4 is 16.0 Å². The van der Waals surface area contributed by atoms with Gasteiger partial charge in [-0.2, -0.15) is 0 Å². The largest absolute Gasteiger partial charge is 0.475 e. The second-order valence-corrected chi connectivity index (χ2v) is 8.07. The third kappa shape index (κ3) is 8.46. The molecular weight excluding hydrogens is 389 g/mol. The number of carbonyl (C=O) groups excluding carboxylic acids is 3. The van der Waals surface area contributed by atoms with Gasteiger partial charge in [-0.15, -0.1) is 0 Å². The number of aromatic nitrogens is 2. The van der Waals surface area contributed by atoms with Crippen LogP contribution in [0, 0.1) is 17.8 Å². The van der Waals surface area contributed by atoms with Gasteiger partial charge in [-0.1, -0.05) is 34.6 Å². The Labute approximate surface area is 177 Å². The zero-order valence-electron chi connectivity index (χ0n) is 18.1. The first-order valence-electron chi connectivity index (χ1n) is 10.0. The van der Waals surface area contributed by atoms with Crippen LogP contribution >= 0.6 is 0 Å². The smallest absolute Gasteiger partial charge is 0.426 e. The van der Waals surface area contributed by atoms with Crippen LogP contribution in [0.15, 0.2) is 18.6 Å². The van der Waals surface area contributed by atoms with Crippen molar-refractivity contribution < 1.29 is 24.4 Å². The molecule has 10 nitrogen and oxygen atoms in total. The summed E-state index contributed by atoms with van der Waals surface area (Å²) in [5.74, 6) is -2.50. The molecule has 0 spiro atoms. The molecule has 30 heavy (non-hydrogen) atoms. The zero-order valence-corrected chi connectivity index (χ0v) is 18.1. The quantitative estimate of drug-likeness (QED) is 0.303. The van der Waals surface area contributed by atoms with Crippen LogP contribution in [0.1, 0.15) is 51.5 Å². The Morgan fingerprint density at radius 1 is 1.07 bits per heavy atom. The summed E-state index contributed by atoms with van der Waals surface area (Å²) in [5, 5.41) is 27.0. The Bertz CT molecular complexity index is 702. The lowest BCUT2D eigenvalue weighted by atomic mass is 9.69. The number of hydrogen-bond donors (Lipinski definition) is 5. The molecule has 0 aliphatic rings. The number of rotatable bonds is 11. The van der Waals surface area contributed by atoms with E-state index < -0.39 is 36.8 Å². The van der Waals surface area contributed by atoms with Crippen molar-refractivity contribution in [1.82, 2.24) is 25.9 Å². The first-order chi connectivity index (χ1) is 14.0. The maximum Gasteiger partial charge on any atom is 0.475 e. The van der Waals surface area contributed by atoms with Gasteiger partial charge in [0.1, 0.15) is 11.7 Å². The monoisotopic (exact) mass is 421 g/mol. The highest BCUT2D eigenvalue weighted by Crippen LogP contribution is 2.16. The van der Waals surface area contributed by atoms with Crippen molar-refractivity contribution in [3.05, 3.63) is 24.3 Å². The standard InChI is InChI=1S/C19H32BN5O5/c1-11(2)8-14(19(28)25-17(20(29)30)13(5)12(3)4)24-16(26)10-23-18(27)15-9-21-6-7-22-15/h6-7,9,11-14,17,29-30H,8,10H2,1-5H3,(H,23,27)(H,24,26)(H,25,28)/t13?,14-,17-/m0/s1. The van der Waals surface area contributed by atoms with Gasteiger partial charge in [0.2, 0.25) is 11.8 Å². The van der Waals surface area contributed by atoms with Gasteiger partial charge < -0.3 is 26.0 Å². The molecule has 11 heteroatoms. The van der Waals surface area contributed by atoms with Crippen LogP contribution in [0.5, 0.6) is 0 Å². The molecule has 0 aliphatic carbocycles. The van der Waals surface area contributed by atoms with Crippen molar-refractivity contribution in [2.75, 3.05) is 6.54 Å². The second kappa shape index (κ2) is 12.2. The topological polar surface area (TPSA) is 154 Å². The van der Waals surface area contributed by atoms with Gasteiger partial charge in [0.05, 0.1) is 18.7 Å². The Morgan fingerprint density at radius 2 is 1.73 bits per heavy atom. The van der Waals surface area contributed by atoms with Gasteiger partial charge >= 0.3 is 7.12 Å². The predicted octanol–water partition coefficient (Wildman–Crippen LogP) is -0.474. The van der Waals surface area contributed by atoms with Gasteiger partial charge in [0.25, 0.3) is 5.91 Å². The van der Waals surface area contributed by atoms with E-state index in [1.165, 1.54) is 18.6 Å². The maximum atomic E-state index is 12.8. The molecule has 0 radical (unpaired) electrons. The molecule has 0 aromatic carbocycles. The van der Waals surface area contributed by atoms with Crippen molar-refractivity contribution in [2.45, 2.75) is 53.0 Å². The second-order valence-electron chi connectivity index (χ2n) is 8.07. The Kier molecular flexibility index (Phi) is 10.4. The highest BCUT2D eigenvalue weighted by molar-refractivity contribution is 6.43. The van der Waals surface area contributed by atoms with Crippen LogP contribution in [0.4, 0.5) is 0 Å². The normalized spacial score (nSPS) is 14.0. The zero-order chi connectivity index (χ0) is 22.8. The summed E-state index contributed by atoms with van der Waals surface area (Å²) in [6.45, 7) is 9.10. The van der Waals surface area contributed by atoms with Crippen molar-refractivity contribution in [3.63, 3.8) is 0 Å². The molecule has 1 unspecified atom stereocenters. The van der Waals surface area contributed by atoms with Crippen molar-refractivity contribution in [2.24, 2.45) is 17.8 Å². The van der Waals surface area contributed by atoms with Gasteiger partial charge in [0, 0.05) is 12.4 Å². The fraction of sp³-hybridized carbons (Fsp3) is 0.632. The van der Waals surface area contributed by atoms with Crippen molar-refractivity contribution >= 4 is 24.8 Å². The molecule has 1 aromatic rings. The summed E-state index contributed by atoms with van der Waals surface area (Å²) < 4.78 is 0. The lowest BCUT2D eigenvalue weighted by Gasteiger charge is -2.29. The number of hydrogen-bond acceptors (Lipinski definition) is 7. The van der Waals surface area contributed by atoms with E-state index in [0.29, 0.717) is 6.42 Å². The van der Waals surface area contributed by atoms with Gasteiger partial charge in [-0.05, 0) is 24.2 Å². The minimum Gasteiger partial charge on any atom is -0.426 e. The lowest BCUT2D eigenvalue weighted by molar-refractivity contribution is -0.129. The molecule has 0 saturated heterocycles. The molecule has 1 aromatic heterocycles. The van der Waals surface area contributed by atoms with Gasteiger partial charge in [-0.3, -0.25) is 19.4 Å². The van der Waals surface area contributed by atoms with Crippen LogP contribution in [0.3, 0.4) is 0 Å². The van der Waals surface area contributed by atoms with Crippen LogP contribution in [0.25, 0.3) is 0 Å². The Balaban J connectivity index is 2.74. The minimum absolute atomic E-state index is 0.0734. The van der Waals surface area contributed by atoms with E-state index in [1.54, 1.807) is 0 Å². The van der Waals surface area contributed by atoms with E-state index in [-0.39, 0.29) is 30.0 Å². The van der Waals surface area contributed by atoms with E-state index in [9.17, 15) is 24.4 Å². The molecule has 0 saturated carbocycles. The molecule has 1 rings (SSSR count). The third-order valence-electron chi connectivity index (χ3n) is 4.81. The fourth-order valence-electron chi connectivity index (χ4n) is 2.77. The summed E-state index contributed by atoms with van der Waals surface area (Å²) in [6, 6.07) is -0.883. The SMILES string of the molecule is CC(C)C[C@H](NC(=O)CNC(=O)c1cnccn1)C(=O)N[C@H](B(O)O)C(C)C(C)C. The summed E-state index contributed by atoms with van der Waals surface area (Å²) in [5.41, 5.74) is 0.0734. The van der Waals surface area contributed by atoms with Gasteiger partial charge in [-0.25, -0.2) is 4.98 Å². The van der Waals surface area contributed by atoms with Crippen LogP contribution in [-0.4, -0.2) is 63.4 Å². The highest BCUT2D eigenvalue weighted by atomic mass is 16.4. The van der Waals surface area contributed by atoms with Gasteiger partial charge in [0.15, 0.2) is 0 Å². The number of carbonyl (C=O) groups is 3. The maximum absolute atomic E-state index is 12.8. The average Bonchev–Trinajstić information content (AvgIpc) is 2.68. The Morgan fingerprint density at radius 3 is 2.23 bits per heavy atom. The van der Waals surface area contributed by atoms with E-state index in [0.717, 1.165) is 0 Å². The molecule has 3 amide bonds. The molecule has 0 fully saturated rings. The summed E-state index contributed by atoms with van der Waals surface area (Å²) in [6.07, 6.45) is 4.41. The van der Waals surface area contributed by atoms with E-state index >= 15 is 0 Å². The predicted molar refractivity (Wildman–Crippen MR) is 112 cm³/mol. The molecule has 166 valence electrons. The van der Waals surface area contributed by atoms with E-state index in [1.807, 2.05) is 34.6 Å². The van der Waals surface area contributed by atoms with Crippen LogP contribution in [-0.2, 0) is 9.59 Å². The number of amides is 3. The van der Waals surface area contributed by atoms with Crippen molar-refractivity contribution in [1.29, 1.82) is 0 Å². The molecule has 0 bridgehead atoms. The summed E-state index contributed by atoms with van der Waals surface area (Å²) >= 11 is 0. The van der Waals surface area contributed by atoms with E-state index in [4.69, 9.17) is 0 Å². The number of nitrogens with one attached hydrogen (secondary N) is 3.